The maximum Gasteiger partial charge on any atom is 0.416 e. The second-order valence-electron chi connectivity index (χ2n) is 15.2. The molecule has 0 aliphatic heterocycles. The van der Waals surface area contributed by atoms with Crippen molar-refractivity contribution in [3.8, 4) is 5.75 Å². The van der Waals surface area contributed by atoms with Crippen LogP contribution in [0.5, 0.6) is 5.75 Å². The van der Waals surface area contributed by atoms with Crippen LogP contribution < -0.4 is 26.0 Å². The molecule has 3 aromatic rings. The predicted octanol–water partition coefficient (Wildman–Crippen LogP) is 6.76. The SMILES string of the molecule is COc1ccc([C@H](NC(=O)[C@H](Cc2ccc(CNC(=O)OC(C)(C)C)cc2)NC(=O)C(c2ccc(Cl)cc2)C(C)C)C(=O)N[C@@H](C(C)C)[C@H](O)C(F)(F)F)cc1. The van der Waals surface area contributed by atoms with E-state index in [1.807, 2.05) is 13.8 Å². The molecule has 0 fully saturated rings. The number of ether oxygens (including phenoxy) is 2. The zero-order valence-corrected chi connectivity index (χ0v) is 33.5. The molecule has 0 aromatic heterocycles. The van der Waals surface area contributed by atoms with Gasteiger partial charge in [-0.25, -0.2) is 4.79 Å². The number of methoxy groups -OCH3 is 1. The first kappa shape index (κ1) is 45.6. The zero-order chi connectivity index (χ0) is 42.0. The van der Waals surface area contributed by atoms with E-state index in [1.165, 1.54) is 45.2 Å². The van der Waals surface area contributed by atoms with E-state index in [-0.39, 0.29) is 24.4 Å². The molecular formula is C41H52ClF3N4O7. The maximum atomic E-state index is 14.3. The number of aliphatic hydroxyl groups excluding tert-OH is 1. The molecule has 1 unspecified atom stereocenters. The van der Waals surface area contributed by atoms with Crippen molar-refractivity contribution in [3.05, 3.63) is 100 Å². The number of hydrogen-bond acceptors (Lipinski definition) is 7. The minimum absolute atomic E-state index is 0.0544. The highest BCUT2D eigenvalue weighted by Crippen LogP contribution is 2.28. The van der Waals surface area contributed by atoms with Gasteiger partial charge in [0.2, 0.25) is 17.7 Å². The number of amides is 4. The molecule has 4 amide bonds. The molecular weight excluding hydrogens is 753 g/mol. The number of halogens is 4. The summed E-state index contributed by atoms with van der Waals surface area (Å²) in [6.07, 6.45) is -8.56. The molecule has 15 heteroatoms. The van der Waals surface area contributed by atoms with Crippen molar-refractivity contribution in [2.75, 3.05) is 7.11 Å². The number of benzene rings is 3. The summed E-state index contributed by atoms with van der Waals surface area (Å²) < 4.78 is 51.4. The Hall–Kier alpha value is -4.82. The summed E-state index contributed by atoms with van der Waals surface area (Å²) >= 11 is 6.10. The number of carbonyl (C=O) groups excluding carboxylic acids is 4. The predicted molar refractivity (Wildman–Crippen MR) is 207 cm³/mol. The fourth-order valence-corrected chi connectivity index (χ4v) is 6.02. The van der Waals surface area contributed by atoms with E-state index in [0.29, 0.717) is 21.9 Å². The van der Waals surface area contributed by atoms with Gasteiger partial charge in [0.15, 0.2) is 6.10 Å². The Morgan fingerprint density at radius 1 is 0.732 bits per heavy atom. The van der Waals surface area contributed by atoms with Gasteiger partial charge >= 0.3 is 12.3 Å². The van der Waals surface area contributed by atoms with Gasteiger partial charge in [-0.1, -0.05) is 87.8 Å². The number of alkyl carbamates (subject to hydrolysis) is 1. The van der Waals surface area contributed by atoms with Gasteiger partial charge in [0.25, 0.3) is 0 Å². The van der Waals surface area contributed by atoms with Crippen molar-refractivity contribution in [1.29, 1.82) is 0 Å². The van der Waals surface area contributed by atoms with Gasteiger partial charge in [-0.2, -0.15) is 13.2 Å². The third-order valence-corrected chi connectivity index (χ3v) is 9.06. The van der Waals surface area contributed by atoms with Crippen LogP contribution in [0, 0.1) is 11.8 Å². The lowest BCUT2D eigenvalue weighted by atomic mass is 9.87. The number of hydrogen-bond donors (Lipinski definition) is 5. The average molecular weight is 805 g/mol. The topological polar surface area (TPSA) is 155 Å². The van der Waals surface area contributed by atoms with E-state index in [4.69, 9.17) is 21.1 Å². The molecule has 0 bridgehead atoms. The molecule has 5 atom stereocenters. The molecule has 5 N–H and O–H groups in total. The van der Waals surface area contributed by atoms with Crippen molar-refractivity contribution < 1.29 is 46.9 Å². The third-order valence-electron chi connectivity index (χ3n) is 8.81. The smallest absolute Gasteiger partial charge is 0.416 e. The highest BCUT2D eigenvalue weighted by atomic mass is 35.5. The monoisotopic (exact) mass is 804 g/mol. The van der Waals surface area contributed by atoms with E-state index in [0.717, 1.165) is 5.56 Å². The van der Waals surface area contributed by atoms with E-state index in [1.54, 1.807) is 69.3 Å². The average Bonchev–Trinajstić information content (AvgIpc) is 3.11. The first-order chi connectivity index (χ1) is 26.1. The molecule has 0 aliphatic rings. The van der Waals surface area contributed by atoms with Crippen molar-refractivity contribution in [3.63, 3.8) is 0 Å². The molecule has 0 spiro atoms. The maximum absolute atomic E-state index is 14.3. The number of aliphatic hydroxyl groups is 1. The molecule has 0 saturated heterocycles. The van der Waals surface area contributed by atoms with E-state index < -0.39 is 71.7 Å². The van der Waals surface area contributed by atoms with Crippen LogP contribution in [0.4, 0.5) is 18.0 Å². The Morgan fingerprint density at radius 3 is 1.79 bits per heavy atom. The number of rotatable bonds is 16. The summed E-state index contributed by atoms with van der Waals surface area (Å²) in [6.45, 7) is 11.9. The van der Waals surface area contributed by atoms with Gasteiger partial charge in [-0.05, 0) is 79.1 Å². The van der Waals surface area contributed by atoms with Crippen LogP contribution in [0.2, 0.25) is 5.02 Å². The van der Waals surface area contributed by atoms with Gasteiger partial charge in [0, 0.05) is 18.0 Å². The largest absolute Gasteiger partial charge is 0.497 e. The number of nitrogens with one attached hydrogen (secondary N) is 4. The first-order valence-corrected chi connectivity index (χ1v) is 18.6. The molecule has 56 heavy (non-hydrogen) atoms. The van der Waals surface area contributed by atoms with Gasteiger partial charge < -0.3 is 35.8 Å². The Kier molecular flexibility index (Phi) is 16.2. The minimum atomic E-state index is -5.03. The van der Waals surface area contributed by atoms with Crippen molar-refractivity contribution in [2.45, 2.75) is 103 Å². The summed E-state index contributed by atoms with van der Waals surface area (Å²) in [4.78, 5) is 54.3. The van der Waals surface area contributed by atoms with Crippen LogP contribution in [-0.4, -0.2) is 66.0 Å². The van der Waals surface area contributed by atoms with Crippen LogP contribution in [0.25, 0.3) is 0 Å². The molecule has 306 valence electrons. The van der Waals surface area contributed by atoms with Crippen molar-refractivity contribution in [2.24, 2.45) is 11.8 Å². The van der Waals surface area contributed by atoms with Crippen LogP contribution in [0.3, 0.4) is 0 Å². The second kappa shape index (κ2) is 19.9. The lowest BCUT2D eigenvalue weighted by Gasteiger charge is -2.31. The lowest BCUT2D eigenvalue weighted by molar-refractivity contribution is -0.215. The van der Waals surface area contributed by atoms with Gasteiger partial charge in [-0.3, -0.25) is 14.4 Å². The highest BCUT2D eigenvalue weighted by Gasteiger charge is 2.46. The van der Waals surface area contributed by atoms with Crippen LogP contribution in [0.15, 0.2) is 72.8 Å². The minimum Gasteiger partial charge on any atom is -0.497 e. The quantitative estimate of drug-likeness (QED) is 0.107. The third kappa shape index (κ3) is 13.7. The summed E-state index contributed by atoms with van der Waals surface area (Å²) in [5, 5.41) is 21.1. The summed E-state index contributed by atoms with van der Waals surface area (Å²) in [7, 11) is 1.43. The van der Waals surface area contributed by atoms with Crippen LogP contribution in [0.1, 0.15) is 82.7 Å². The summed E-state index contributed by atoms with van der Waals surface area (Å²) in [6, 6.07) is 15.1. The summed E-state index contributed by atoms with van der Waals surface area (Å²) in [5.74, 6) is -3.66. The van der Waals surface area contributed by atoms with Crippen molar-refractivity contribution >= 4 is 35.4 Å². The molecule has 3 aromatic carbocycles. The Balaban J connectivity index is 1.99. The van der Waals surface area contributed by atoms with Gasteiger partial charge in [0.05, 0.1) is 19.1 Å². The van der Waals surface area contributed by atoms with E-state index in [2.05, 4.69) is 21.3 Å². The second-order valence-corrected chi connectivity index (χ2v) is 15.6. The number of alkyl halides is 3. The van der Waals surface area contributed by atoms with Crippen LogP contribution >= 0.6 is 11.6 Å². The number of carbonyl (C=O) groups is 4. The van der Waals surface area contributed by atoms with Gasteiger partial charge in [0.1, 0.15) is 23.4 Å². The molecule has 0 saturated carbocycles. The zero-order valence-electron chi connectivity index (χ0n) is 32.8. The molecule has 0 heterocycles. The highest BCUT2D eigenvalue weighted by molar-refractivity contribution is 6.30. The van der Waals surface area contributed by atoms with Gasteiger partial charge in [-0.15, -0.1) is 0 Å². The Labute approximate surface area is 331 Å². The fourth-order valence-electron chi connectivity index (χ4n) is 5.90. The Bertz CT molecular complexity index is 1760. The molecule has 11 nitrogen and oxygen atoms in total. The van der Waals surface area contributed by atoms with Crippen molar-refractivity contribution in [1.82, 2.24) is 21.3 Å². The van der Waals surface area contributed by atoms with E-state index >= 15 is 0 Å². The molecule has 3 rings (SSSR count). The molecule has 0 aliphatic carbocycles. The Morgan fingerprint density at radius 2 is 1.29 bits per heavy atom. The summed E-state index contributed by atoms with van der Waals surface area (Å²) in [5.41, 5.74) is 1.51. The first-order valence-electron chi connectivity index (χ1n) is 18.2. The normalized spacial score (nSPS) is 14.6. The standard InChI is InChI=1S/C41H52ClF3N4O7/c1-23(2)32(27-13-17-29(42)18-14-27)37(52)47-31(21-25-9-11-26(12-10-25)22-46-39(54)56-40(5,6)7)36(51)49-34(28-15-19-30(55-8)20-16-28)38(53)48-33(24(3)4)35(50)41(43,44)45/h9-20,23-24,31-35,50H,21-22H2,1-8H3,(H,46,54)(H,47,52)(H,48,53)(H,49,51)/t31-,32?,33-,34-,35-/m0/s1. The fraction of sp³-hybridized carbons (Fsp3) is 0.463. The molecule has 0 radical (unpaired) electrons. The van der Waals surface area contributed by atoms with E-state index in [9.17, 15) is 37.5 Å². The lowest BCUT2D eigenvalue weighted by Crippen LogP contribution is -2.56. The van der Waals surface area contributed by atoms with Crippen LogP contribution in [-0.2, 0) is 32.1 Å².